The van der Waals surface area contributed by atoms with Crippen LogP contribution >= 0.6 is 11.3 Å². The van der Waals surface area contributed by atoms with Crippen molar-refractivity contribution in [2.24, 2.45) is 4.99 Å². The topological polar surface area (TPSA) is 61.4 Å². The average molecular weight is 382 g/mol. The molecular formula is C18H31N5O2S. The van der Waals surface area contributed by atoms with Crippen LogP contribution in [0.1, 0.15) is 10.9 Å². The van der Waals surface area contributed by atoms with E-state index in [0.717, 1.165) is 78.2 Å². The molecule has 0 aromatic carbocycles. The van der Waals surface area contributed by atoms with Crippen molar-refractivity contribution in [2.75, 3.05) is 79.3 Å². The third-order valence-electron chi connectivity index (χ3n) is 4.87. The number of rotatable bonds is 7. The molecule has 26 heavy (non-hydrogen) atoms. The molecule has 0 saturated carbocycles. The Morgan fingerprint density at radius 2 is 1.88 bits per heavy atom. The van der Waals surface area contributed by atoms with Gasteiger partial charge in [-0.3, -0.25) is 14.8 Å². The van der Waals surface area contributed by atoms with Crippen molar-refractivity contribution < 1.29 is 9.47 Å². The van der Waals surface area contributed by atoms with E-state index in [2.05, 4.69) is 42.9 Å². The highest BCUT2D eigenvalue weighted by Crippen LogP contribution is 2.25. The summed E-state index contributed by atoms with van der Waals surface area (Å²) >= 11 is 1.82. The van der Waals surface area contributed by atoms with Gasteiger partial charge < -0.3 is 20.1 Å². The second-order valence-corrected chi connectivity index (χ2v) is 7.49. The SMILES string of the molecule is CN=C(NCCN1CCOCC1)NCC(c1cccs1)N1CCOCC1. The molecule has 3 rings (SSSR count). The lowest BCUT2D eigenvalue weighted by atomic mass is 10.2. The van der Waals surface area contributed by atoms with Crippen LogP contribution in [-0.2, 0) is 9.47 Å². The second-order valence-electron chi connectivity index (χ2n) is 6.51. The average Bonchev–Trinajstić information content (AvgIpc) is 3.23. The maximum absolute atomic E-state index is 5.52. The summed E-state index contributed by atoms with van der Waals surface area (Å²) in [5.41, 5.74) is 0. The zero-order valence-corrected chi connectivity index (χ0v) is 16.5. The molecule has 2 N–H and O–H groups in total. The molecule has 1 unspecified atom stereocenters. The monoisotopic (exact) mass is 381 g/mol. The number of ether oxygens (including phenoxy) is 2. The molecule has 146 valence electrons. The number of morpholine rings is 2. The van der Waals surface area contributed by atoms with Crippen molar-refractivity contribution in [3.8, 4) is 0 Å². The van der Waals surface area contributed by atoms with Gasteiger partial charge in [0, 0.05) is 57.7 Å². The summed E-state index contributed by atoms with van der Waals surface area (Å²) < 4.78 is 10.9. The van der Waals surface area contributed by atoms with Crippen molar-refractivity contribution in [3.05, 3.63) is 22.4 Å². The highest BCUT2D eigenvalue weighted by molar-refractivity contribution is 7.10. The Morgan fingerprint density at radius 1 is 1.15 bits per heavy atom. The molecule has 0 bridgehead atoms. The summed E-state index contributed by atoms with van der Waals surface area (Å²) in [6.07, 6.45) is 0. The molecule has 2 saturated heterocycles. The fourth-order valence-electron chi connectivity index (χ4n) is 3.35. The predicted octanol–water partition coefficient (Wildman–Crippen LogP) is 0.619. The number of nitrogens with one attached hydrogen (secondary N) is 2. The molecule has 2 aliphatic heterocycles. The first-order valence-corrected chi connectivity index (χ1v) is 10.3. The first-order chi connectivity index (χ1) is 12.9. The number of hydrogen-bond donors (Lipinski definition) is 2. The van der Waals surface area contributed by atoms with E-state index < -0.39 is 0 Å². The zero-order valence-electron chi connectivity index (χ0n) is 15.7. The Bertz CT molecular complexity index is 528. The molecule has 1 atom stereocenters. The van der Waals surface area contributed by atoms with Gasteiger partial charge in [-0.1, -0.05) is 6.07 Å². The normalized spacial score (nSPS) is 21.5. The molecule has 2 fully saturated rings. The summed E-state index contributed by atoms with van der Waals surface area (Å²) in [5, 5.41) is 9.10. The van der Waals surface area contributed by atoms with E-state index in [9.17, 15) is 0 Å². The summed E-state index contributed by atoms with van der Waals surface area (Å²) in [4.78, 5) is 10.7. The highest BCUT2D eigenvalue weighted by Gasteiger charge is 2.23. The summed E-state index contributed by atoms with van der Waals surface area (Å²) in [5.74, 6) is 0.869. The van der Waals surface area contributed by atoms with Gasteiger partial charge in [0.15, 0.2) is 5.96 Å². The van der Waals surface area contributed by atoms with Gasteiger partial charge in [0.1, 0.15) is 0 Å². The molecule has 0 radical (unpaired) electrons. The fraction of sp³-hybridized carbons (Fsp3) is 0.722. The van der Waals surface area contributed by atoms with Gasteiger partial charge in [-0.2, -0.15) is 0 Å². The standard InChI is InChI=1S/C18H31N5O2S/c1-19-18(20-4-5-22-6-10-24-11-7-22)21-15-16(17-3-2-14-26-17)23-8-12-25-13-9-23/h2-3,14,16H,4-13,15H2,1H3,(H2,19,20,21). The van der Waals surface area contributed by atoms with Crippen molar-refractivity contribution in [1.82, 2.24) is 20.4 Å². The van der Waals surface area contributed by atoms with Gasteiger partial charge in [0.05, 0.1) is 32.5 Å². The number of thiophene rings is 1. The zero-order chi connectivity index (χ0) is 18.0. The van der Waals surface area contributed by atoms with E-state index in [-0.39, 0.29) is 0 Å². The van der Waals surface area contributed by atoms with E-state index in [1.807, 2.05) is 18.4 Å². The molecule has 0 aliphatic carbocycles. The van der Waals surface area contributed by atoms with E-state index in [4.69, 9.17) is 9.47 Å². The third-order valence-corrected chi connectivity index (χ3v) is 5.84. The van der Waals surface area contributed by atoms with E-state index >= 15 is 0 Å². The minimum absolute atomic E-state index is 0.358. The molecule has 7 nitrogen and oxygen atoms in total. The minimum atomic E-state index is 0.358. The van der Waals surface area contributed by atoms with Crippen LogP contribution in [0.5, 0.6) is 0 Å². The van der Waals surface area contributed by atoms with Crippen LogP contribution in [0.2, 0.25) is 0 Å². The van der Waals surface area contributed by atoms with E-state index in [1.54, 1.807) is 0 Å². The number of nitrogens with zero attached hydrogens (tertiary/aromatic N) is 3. The molecule has 0 spiro atoms. The second kappa shape index (κ2) is 10.8. The van der Waals surface area contributed by atoms with Crippen LogP contribution in [0.3, 0.4) is 0 Å². The molecular weight excluding hydrogens is 350 g/mol. The number of guanidine groups is 1. The van der Waals surface area contributed by atoms with E-state index in [0.29, 0.717) is 6.04 Å². The predicted molar refractivity (Wildman–Crippen MR) is 106 cm³/mol. The molecule has 1 aromatic heterocycles. The summed E-state index contributed by atoms with van der Waals surface area (Å²) in [6, 6.07) is 4.71. The molecule has 3 heterocycles. The van der Waals surface area contributed by atoms with Crippen LogP contribution in [-0.4, -0.2) is 95.0 Å². The first-order valence-electron chi connectivity index (χ1n) is 9.46. The number of aliphatic imine (C=N–C) groups is 1. The lowest BCUT2D eigenvalue weighted by Gasteiger charge is -2.34. The Kier molecular flexibility index (Phi) is 8.16. The van der Waals surface area contributed by atoms with Crippen LogP contribution < -0.4 is 10.6 Å². The molecule has 8 heteroatoms. The smallest absolute Gasteiger partial charge is 0.191 e. The van der Waals surface area contributed by atoms with E-state index in [1.165, 1.54) is 4.88 Å². The summed E-state index contributed by atoms with van der Waals surface area (Å²) in [7, 11) is 1.83. The third kappa shape index (κ3) is 5.92. The van der Waals surface area contributed by atoms with Gasteiger partial charge in [0.25, 0.3) is 0 Å². The van der Waals surface area contributed by atoms with Crippen LogP contribution in [0.15, 0.2) is 22.5 Å². The van der Waals surface area contributed by atoms with Gasteiger partial charge in [-0.15, -0.1) is 11.3 Å². The summed E-state index contributed by atoms with van der Waals surface area (Å²) in [6.45, 7) is 10.1. The Morgan fingerprint density at radius 3 is 2.54 bits per heavy atom. The van der Waals surface area contributed by atoms with Gasteiger partial charge >= 0.3 is 0 Å². The van der Waals surface area contributed by atoms with Crippen molar-refractivity contribution in [1.29, 1.82) is 0 Å². The van der Waals surface area contributed by atoms with Crippen molar-refractivity contribution in [3.63, 3.8) is 0 Å². The first kappa shape index (κ1) is 19.6. The highest BCUT2D eigenvalue weighted by atomic mass is 32.1. The Balaban J connectivity index is 1.46. The van der Waals surface area contributed by atoms with Crippen LogP contribution in [0.4, 0.5) is 0 Å². The maximum Gasteiger partial charge on any atom is 0.191 e. The maximum atomic E-state index is 5.52. The minimum Gasteiger partial charge on any atom is -0.379 e. The van der Waals surface area contributed by atoms with Gasteiger partial charge in [-0.05, 0) is 11.4 Å². The molecule has 2 aliphatic rings. The van der Waals surface area contributed by atoms with Gasteiger partial charge in [0.2, 0.25) is 0 Å². The fourth-order valence-corrected chi connectivity index (χ4v) is 4.21. The lowest BCUT2D eigenvalue weighted by molar-refractivity contribution is 0.0177. The Labute approximate surface area is 160 Å². The van der Waals surface area contributed by atoms with Crippen LogP contribution in [0.25, 0.3) is 0 Å². The largest absolute Gasteiger partial charge is 0.379 e. The lowest BCUT2D eigenvalue weighted by Crippen LogP contribution is -2.47. The molecule has 1 aromatic rings. The van der Waals surface area contributed by atoms with Crippen molar-refractivity contribution >= 4 is 17.3 Å². The van der Waals surface area contributed by atoms with Gasteiger partial charge in [-0.25, -0.2) is 0 Å². The van der Waals surface area contributed by atoms with Crippen LogP contribution in [0, 0.1) is 0 Å². The molecule has 0 amide bonds. The van der Waals surface area contributed by atoms with Crippen molar-refractivity contribution in [2.45, 2.75) is 6.04 Å². The Hall–Kier alpha value is -1.19. The quantitative estimate of drug-likeness (QED) is 0.533. The number of hydrogen-bond acceptors (Lipinski definition) is 6.